The lowest BCUT2D eigenvalue weighted by Crippen LogP contribution is -2.17. The number of rotatable bonds is 7. The third-order valence-corrected chi connectivity index (χ3v) is 2.87. The molecule has 0 heterocycles. The van der Waals surface area contributed by atoms with Crippen molar-refractivity contribution in [1.82, 2.24) is 0 Å². The second-order valence-corrected chi connectivity index (χ2v) is 4.87. The van der Waals surface area contributed by atoms with E-state index in [-0.39, 0.29) is 23.4 Å². The lowest BCUT2D eigenvalue weighted by Gasteiger charge is -2.11. The second kappa shape index (κ2) is 6.88. The molecule has 1 atom stereocenters. The van der Waals surface area contributed by atoms with Crippen LogP contribution in [0.15, 0.2) is 37.1 Å². The summed E-state index contributed by atoms with van der Waals surface area (Å²) in [5, 5.41) is 0. The predicted octanol–water partition coefficient (Wildman–Crippen LogP) is 3.50. The van der Waals surface area contributed by atoms with Crippen LogP contribution in [0.3, 0.4) is 0 Å². The van der Waals surface area contributed by atoms with Crippen LogP contribution in [0, 0.1) is 11.8 Å². The molecule has 1 aromatic carbocycles. The van der Waals surface area contributed by atoms with E-state index < -0.39 is 0 Å². The van der Waals surface area contributed by atoms with Gasteiger partial charge in [0.15, 0.2) is 11.6 Å². The lowest BCUT2D eigenvalue weighted by molar-refractivity contribution is 0.0864. The Labute approximate surface area is 114 Å². The van der Waals surface area contributed by atoms with Gasteiger partial charge in [-0.3, -0.25) is 9.59 Å². The molecular weight excluding hydrogens is 240 g/mol. The summed E-state index contributed by atoms with van der Waals surface area (Å²) >= 11 is 0. The van der Waals surface area contributed by atoms with Gasteiger partial charge in [0.25, 0.3) is 0 Å². The number of hydrogen-bond donors (Lipinski definition) is 0. The van der Waals surface area contributed by atoms with E-state index in [1.807, 2.05) is 13.8 Å². The van der Waals surface area contributed by atoms with Gasteiger partial charge in [-0.05, 0) is 6.07 Å². The number of carbonyl (C=O) groups excluding carboxylic acids is 2. The van der Waals surface area contributed by atoms with Crippen molar-refractivity contribution in [2.45, 2.75) is 20.8 Å². The summed E-state index contributed by atoms with van der Waals surface area (Å²) in [4.78, 5) is 24.1. The van der Waals surface area contributed by atoms with Gasteiger partial charge in [-0.2, -0.15) is 0 Å². The van der Waals surface area contributed by atoms with Crippen molar-refractivity contribution in [3.63, 3.8) is 0 Å². The fourth-order valence-electron chi connectivity index (χ4n) is 1.73. The van der Waals surface area contributed by atoms with Gasteiger partial charge in [0.05, 0.1) is 18.8 Å². The van der Waals surface area contributed by atoms with E-state index in [0.29, 0.717) is 17.7 Å². The topological polar surface area (TPSA) is 43.4 Å². The molecule has 0 bridgehead atoms. The SMILES string of the molecule is C=COCC(C)C(=O)c1cccc(C(=O)C(C)C)c1. The summed E-state index contributed by atoms with van der Waals surface area (Å²) in [6.07, 6.45) is 1.32. The summed E-state index contributed by atoms with van der Waals surface area (Å²) in [7, 11) is 0. The quantitative estimate of drug-likeness (QED) is 0.556. The van der Waals surface area contributed by atoms with Crippen LogP contribution in [-0.2, 0) is 4.74 Å². The zero-order valence-corrected chi connectivity index (χ0v) is 11.7. The Kier molecular flexibility index (Phi) is 5.49. The normalized spacial score (nSPS) is 12.0. The first kappa shape index (κ1) is 15.2. The van der Waals surface area contributed by atoms with Crippen molar-refractivity contribution in [1.29, 1.82) is 0 Å². The molecule has 3 heteroatoms. The van der Waals surface area contributed by atoms with E-state index in [9.17, 15) is 9.59 Å². The van der Waals surface area contributed by atoms with Crippen molar-refractivity contribution < 1.29 is 14.3 Å². The Morgan fingerprint density at radius 1 is 1.21 bits per heavy atom. The van der Waals surface area contributed by atoms with Gasteiger partial charge in [0.2, 0.25) is 0 Å². The Morgan fingerprint density at radius 2 is 1.79 bits per heavy atom. The first-order chi connectivity index (χ1) is 8.97. The molecule has 0 aliphatic carbocycles. The highest BCUT2D eigenvalue weighted by atomic mass is 16.5. The molecule has 1 rings (SSSR count). The van der Waals surface area contributed by atoms with E-state index in [0.717, 1.165) is 0 Å². The van der Waals surface area contributed by atoms with Gasteiger partial charge >= 0.3 is 0 Å². The highest BCUT2D eigenvalue weighted by molar-refractivity contribution is 6.02. The molecule has 0 fully saturated rings. The zero-order chi connectivity index (χ0) is 14.4. The minimum Gasteiger partial charge on any atom is -0.501 e. The number of hydrogen-bond acceptors (Lipinski definition) is 3. The fraction of sp³-hybridized carbons (Fsp3) is 0.375. The molecule has 0 saturated carbocycles. The van der Waals surface area contributed by atoms with Crippen molar-refractivity contribution in [3.05, 3.63) is 48.2 Å². The largest absolute Gasteiger partial charge is 0.501 e. The Balaban J connectivity index is 2.90. The summed E-state index contributed by atoms with van der Waals surface area (Å²) in [5.74, 6) is -0.320. The Bertz CT molecular complexity index is 475. The third-order valence-electron chi connectivity index (χ3n) is 2.87. The van der Waals surface area contributed by atoms with Crippen LogP contribution in [0.1, 0.15) is 41.5 Å². The van der Waals surface area contributed by atoms with E-state index in [4.69, 9.17) is 4.74 Å². The number of benzene rings is 1. The van der Waals surface area contributed by atoms with Crippen LogP contribution in [-0.4, -0.2) is 18.2 Å². The molecule has 0 aliphatic heterocycles. The first-order valence-corrected chi connectivity index (χ1v) is 6.38. The molecule has 0 spiro atoms. The maximum absolute atomic E-state index is 12.2. The van der Waals surface area contributed by atoms with Gasteiger partial charge in [-0.1, -0.05) is 45.5 Å². The minimum absolute atomic E-state index is 0.0275. The zero-order valence-electron chi connectivity index (χ0n) is 11.7. The molecule has 3 nitrogen and oxygen atoms in total. The maximum atomic E-state index is 12.2. The molecule has 0 aromatic heterocycles. The van der Waals surface area contributed by atoms with Gasteiger partial charge in [0.1, 0.15) is 0 Å². The van der Waals surface area contributed by atoms with E-state index >= 15 is 0 Å². The fourth-order valence-corrected chi connectivity index (χ4v) is 1.73. The average molecular weight is 260 g/mol. The minimum atomic E-state index is -0.262. The molecule has 102 valence electrons. The molecule has 0 aliphatic rings. The highest BCUT2D eigenvalue weighted by Gasteiger charge is 2.17. The number of Topliss-reactive ketones (excluding diaryl/α,β-unsaturated/α-hetero) is 2. The van der Waals surface area contributed by atoms with Crippen LogP contribution in [0.2, 0.25) is 0 Å². The Morgan fingerprint density at radius 3 is 2.32 bits per heavy atom. The van der Waals surface area contributed by atoms with Crippen LogP contribution >= 0.6 is 0 Å². The predicted molar refractivity (Wildman–Crippen MR) is 75.3 cm³/mol. The molecular formula is C16H20O3. The second-order valence-electron chi connectivity index (χ2n) is 4.87. The van der Waals surface area contributed by atoms with Gasteiger partial charge < -0.3 is 4.74 Å². The van der Waals surface area contributed by atoms with Crippen LogP contribution in [0.25, 0.3) is 0 Å². The van der Waals surface area contributed by atoms with Crippen LogP contribution in [0.4, 0.5) is 0 Å². The molecule has 0 amide bonds. The molecule has 1 unspecified atom stereocenters. The van der Waals surface area contributed by atoms with Crippen LogP contribution in [0.5, 0.6) is 0 Å². The molecule has 19 heavy (non-hydrogen) atoms. The standard InChI is InChI=1S/C16H20O3/c1-5-19-10-12(4)16(18)14-8-6-7-13(9-14)15(17)11(2)3/h5-9,11-12H,1,10H2,2-4H3. The van der Waals surface area contributed by atoms with Gasteiger partial charge in [-0.15, -0.1) is 0 Å². The van der Waals surface area contributed by atoms with Crippen molar-refractivity contribution in [3.8, 4) is 0 Å². The van der Waals surface area contributed by atoms with Crippen molar-refractivity contribution in [2.75, 3.05) is 6.61 Å². The Hall–Kier alpha value is -1.90. The van der Waals surface area contributed by atoms with Gasteiger partial charge in [0, 0.05) is 17.0 Å². The van der Waals surface area contributed by atoms with Crippen molar-refractivity contribution >= 4 is 11.6 Å². The summed E-state index contributed by atoms with van der Waals surface area (Å²) in [6.45, 7) is 9.22. The van der Waals surface area contributed by atoms with E-state index in [1.165, 1.54) is 6.26 Å². The monoisotopic (exact) mass is 260 g/mol. The summed E-state index contributed by atoms with van der Waals surface area (Å²) in [5.41, 5.74) is 1.13. The third kappa shape index (κ3) is 4.05. The van der Waals surface area contributed by atoms with E-state index in [1.54, 1.807) is 31.2 Å². The van der Waals surface area contributed by atoms with Crippen molar-refractivity contribution in [2.24, 2.45) is 11.8 Å². The number of ether oxygens (including phenoxy) is 1. The van der Waals surface area contributed by atoms with Crippen LogP contribution < -0.4 is 0 Å². The number of carbonyl (C=O) groups is 2. The highest BCUT2D eigenvalue weighted by Crippen LogP contribution is 2.14. The van der Waals surface area contributed by atoms with E-state index in [2.05, 4.69) is 6.58 Å². The molecule has 0 radical (unpaired) electrons. The lowest BCUT2D eigenvalue weighted by atomic mass is 9.95. The summed E-state index contributed by atoms with van der Waals surface area (Å²) < 4.78 is 5.03. The van der Waals surface area contributed by atoms with Gasteiger partial charge in [-0.25, -0.2) is 0 Å². The molecule has 1 aromatic rings. The summed E-state index contributed by atoms with van der Waals surface area (Å²) in [6, 6.07) is 6.87. The number of ketones is 2. The first-order valence-electron chi connectivity index (χ1n) is 6.38. The molecule has 0 N–H and O–H groups in total. The molecule has 0 saturated heterocycles. The maximum Gasteiger partial charge on any atom is 0.169 e. The average Bonchev–Trinajstić information content (AvgIpc) is 2.43. The smallest absolute Gasteiger partial charge is 0.169 e.